The molecule has 1 unspecified atom stereocenters. The molecule has 0 aliphatic carbocycles. The fraction of sp³-hybridized carbons (Fsp3) is 0.200. The Kier molecular flexibility index (Phi) is 5.31. The smallest absolute Gasteiger partial charge is 0.212 e. The molecule has 0 spiro atoms. The first-order valence-electron chi connectivity index (χ1n) is 8.44. The van der Waals surface area contributed by atoms with Gasteiger partial charge in [0.1, 0.15) is 17.6 Å². The molecule has 0 amide bonds. The Morgan fingerprint density at radius 1 is 1.19 bits per heavy atom. The molecule has 0 radical (unpaired) electrons. The maximum atomic E-state index is 14.0. The van der Waals surface area contributed by atoms with E-state index in [0.29, 0.717) is 12.5 Å². The predicted octanol–water partition coefficient (Wildman–Crippen LogP) is 3.69. The van der Waals surface area contributed by atoms with Crippen molar-refractivity contribution in [3.05, 3.63) is 77.9 Å². The molecule has 1 aliphatic heterocycles. The van der Waals surface area contributed by atoms with Gasteiger partial charge in [0, 0.05) is 0 Å². The van der Waals surface area contributed by atoms with Crippen LogP contribution in [0.4, 0.5) is 10.1 Å². The second kappa shape index (κ2) is 7.82. The maximum Gasteiger partial charge on any atom is 0.212 e. The quantitative estimate of drug-likeness (QED) is 0.805. The summed E-state index contributed by atoms with van der Waals surface area (Å²) in [7, 11) is 0. The van der Waals surface area contributed by atoms with Crippen molar-refractivity contribution in [2.75, 3.05) is 11.6 Å². The Balaban J connectivity index is 1.96. The van der Waals surface area contributed by atoms with Gasteiger partial charge in [-0.1, -0.05) is 37.3 Å². The summed E-state index contributed by atoms with van der Waals surface area (Å²) in [5.41, 5.74) is 6.79. The summed E-state index contributed by atoms with van der Waals surface area (Å²) in [6.45, 7) is 2.45. The molecule has 1 aliphatic rings. The second-order valence-electron chi connectivity index (χ2n) is 5.85. The molecule has 1 heterocycles. The van der Waals surface area contributed by atoms with Gasteiger partial charge in [0.15, 0.2) is 5.78 Å². The Labute approximate surface area is 151 Å². The zero-order chi connectivity index (χ0) is 18.5. The highest BCUT2D eigenvalue weighted by atomic mass is 19.1. The average molecular weight is 353 g/mol. The highest BCUT2D eigenvalue weighted by molar-refractivity contribution is 6.13. The monoisotopic (exact) mass is 353 g/mol. The van der Waals surface area contributed by atoms with Crippen molar-refractivity contribution >= 4 is 17.3 Å². The Morgan fingerprint density at radius 3 is 2.58 bits per heavy atom. The molecular formula is C20H20FN3O2. The number of Topliss-reactive ketones (excluding diaryl/α,β-unsaturated/α-hetero) is 1. The van der Waals surface area contributed by atoms with E-state index in [1.165, 1.54) is 18.2 Å². The van der Waals surface area contributed by atoms with E-state index in [2.05, 4.69) is 5.10 Å². The van der Waals surface area contributed by atoms with Gasteiger partial charge < -0.3 is 10.5 Å². The van der Waals surface area contributed by atoms with Crippen molar-refractivity contribution in [2.24, 2.45) is 16.8 Å². The number of amidine groups is 1. The van der Waals surface area contributed by atoms with Gasteiger partial charge in [-0.15, -0.1) is 0 Å². The first-order valence-corrected chi connectivity index (χ1v) is 8.44. The average Bonchev–Trinajstić information content (AvgIpc) is 2.67. The van der Waals surface area contributed by atoms with Crippen molar-refractivity contribution in [1.29, 1.82) is 0 Å². The van der Waals surface area contributed by atoms with Gasteiger partial charge in [-0.2, -0.15) is 10.1 Å². The number of ketones is 1. The van der Waals surface area contributed by atoms with Gasteiger partial charge in [-0.05, 0) is 36.8 Å². The van der Waals surface area contributed by atoms with Gasteiger partial charge in [-0.25, -0.2) is 4.39 Å². The Hall–Kier alpha value is -3.15. The fourth-order valence-corrected chi connectivity index (χ4v) is 2.63. The minimum atomic E-state index is -0.876. The molecule has 1 atom stereocenters. The molecule has 134 valence electrons. The number of halogens is 1. The van der Waals surface area contributed by atoms with E-state index < -0.39 is 17.5 Å². The van der Waals surface area contributed by atoms with E-state index in [1.807, 2.05) is 37.3 Å². The van der Waals surface area contributed by atoms with Gasteiger partial charge in [0.05, 0.1) is 17.9 Å². The lowest BCUT2D eigenvalue weighted by molar-refractivity contribution is 0.0962. The molecule has 0 aromatic heterocycles. The largest absolute Gasteiger partial charge is 0.478 e. The van der Waals surface area contributed by atoms with Crippen LogP contribution in [0.25, 0.3) is 0 Å². The van der Waals surface area contributed by atoms with Crippen LogP contribution in [0.15, 0.2) is 71.7 Å². The molecule has 2 aromatic rings. The number of benzene rings is 2. The van der Waals surface area contributed by atoms with Crippen LogP contribution in [0.2, 0.25) is 0 Å². The highest BCUT2D eigenvalue weighted by Crippen LogP contribution is 2.27. The van der Waals surface area contributed by atoms with Gasteiger partial charge in [0.2, 0.25) is 5.88 Å². The zero-order valence-electron chi connectivity index (χ0n) is 14.4. The minimum Gasteiger partial charge on any atom is -0.478 e. The zero-order valence-corrected chi connectivity index (χ0v) is 14.4. The van der Waals surface area contributed by atoms with E-state index in [4.69, 9.17) is 10.5 Å². The molecule has 26 heavy (non-hydrogen) atoms. The summed E-state index contributed by atoms with van der Waals surface area (Å²) >= 11 is 0. The number of ether oxygens (including phenoxy) is 1. The number of hydrazone groups is 1. The van der Waals surface area contributed by atoms with E-state index in [0.717, 1.165) is 12.1 Å². The van der Waals surface area contributed by atoms with Crippen LogP contribution in [0.1, 0.15) is 23.7 Å². The first-order chi connectivity index (χ1) is 12.6. The van der Waals surface area contributed by atoms with Crippen molar-refractivity contribution in [3.8, 4) is 0 Å². The first kappa shape index (κ1) is 17.7. The number of nitrogens with two attached hydrogens (primary N) is 1. The Morgan fingerprint density at radius 2 is 1.88 bits per heavy atom. The van der Waals surface area contributed by atoms with Crippen molar-refractivity contribution < 1.29 is 13.9 Å². The number of para-hydroxylation sites is 1. The number of anilines is 1. The summed E-state index contributed by atoms with van der Waals surface area (Å²) in [5.74, 6) is -1.42. The lowest BCUT2D eigenvalue weighted by Crippen LogP contribution is -2.38. The van der Waals surface area contributed by atoms with Gasteiger partial charge in [0.25, 0.3) is 0 Å². The van der Waals surface area contributed by atoms with Crippen LogP contribution in [0.5, 0.6) is 0 Å². The molecule has 5 nitrogen and oxygen atoms in total. The summed E-state index contributed by atoms with van der Waals surface area (Å²) < 4.78 is 19.8. The van der Waals surface area contributed by atoms with Gasteiger partial charge >= 0.3 is 0 Å². The molecule has 0 saturated heterocycles. The normalized spacial score (nSPS) is 16.7. The topological polar surface area (TPSA) is 67.9 Å². The Bertz CT molecular complexity index is 849. The van der Waals surface area contributed by atoms with E-state index in [1.54, 1.807) is 17.2 Å². The number of nitrogens with zero attached hydrogens (tertiary/aromatic N) is 2. The molecule has 2 N–H and O–H groups in total. The molecule has 0 bridgehead atoms. The fourth-order valence-electron chi connectivity index (χ4n) is 2.63. The lowest BCUT2D eigenvalue weighted by Gasteiger charge is -2.28. The van der Waals surface area contributed by atoms with E-state index >= 15 is 0 Å². The van der Waals surface area contributed by atoms with Crippen molar-refractivity contribution in [2.45, 2.75) is 13.3 Å². The van der Waals surface area contributed by atoms with Crippen LogP contribution >= 0.6 is 0 Å². The van der Waals surface area contributed by atoms with Crippen LogP contribution in [-0.4, -0.2) is 18.2 Å². The number of hydrogen-bond donors (Lipinski definition) is 1. The summed E-state index contributed by atoms with van der Waals surface area (Å²) in [6, 6.07) is 15.2. The second-order valence-corrected chi connectivity index (χ2v) is 5.85. The number of carbonyl (C=O) groups is 1. The number of carbonyl (C=O) groups excluding carboxylic acids is 1. The minimum absolute atomic E-state index is 0.0186. The maximum absolute atomic E-state index is 14.0. The van der Waals surface area contributed by atoms with Crippen molar-refractivity contribution in [1.82, 2.24) is 0 Å². The van der Waals surface area contributed by atoms with Crippen LogP contribution in [0, 0.1) is 11.7 Å². The van der Waals surface area contributed by atoms with Crippen molar-refractivity contribution in [3.63, 3.8) is 0 Å². The summed E-state index contributed by atoms with van der Waals surface area (Å²) in [5, 5.41) is 5.89. The SMILES string of the molecule is CCCOC1=CC(C(=O)c2ccccc2F)C(N)=NN1c1ccccc1. The predicted molar refractivity (Wildman–Crippen MR) is 99.1 cm³/mol. The molecule has 0 saturated carbocycles. The third-order valence-electron chi connectivity index (χ3n) is 3.93. The van der Waals surface area contributed by atoms with E-state index in [-0.39, 0.29) is 11.4 Å². The van der Waals surface area contributed by atoms with Crippen LogP contribution in [-0.2, 0) is 4.74 Å². The van der Waals surface area contributed by atoms with Gasteiger partial charge in [-0.3, -0.25) is 4.79 Å². The highest BCUT2D eigenvalue weighted by Gasteiger charge is 2.31. The van der Waals surface area contributed by atoms with E-state index in [9.17, 15) is 9.18 Å². The standard InChI is InChI=1S/C20H20FN3O2/c1-2-12-26-18-13-16(19(25)15-10-6-7-11-17(15)21)20(22)23-24(18)14-8-4-3-5-9-14/h3-11,13,16H,2,12H2,1H3,(H2,22,23). The number of hydrogen-bond acceptors (Lipinski definition) is 5. The third-order valence-corrected chi connectivity index (χ3v) is 3.93. The molecule has 6 heteroatoms. The molecule has 2 aromatic carbocycles. The molecule has 3 rings (SSSR count). The summed E-state index contributed by atoms with van der Waals surface area (Å²) in [6.07, 6.45) is 2.39. The van der Waals surface area contributed by atoms with Crippen LogP contribution < -0.4 is 10.7 Å². The molecular weight excluding hydrogens is 333 g/mol. The molecule has 0 fully saturated rings. The summed E-state index contributed by atoms with van der Waals surface area (Å²) in [4.78, 5) is 12.8. The third kappa shape index (κ3) is 3.59. The number of rotatable bonds is 6. The lowest BCUT2D eigenvalue weighted by atomic mass is 9.95. The van der Waals surface area contributed by atoms with Crippen LogP contribution in [0.3, 0.4) is 0 Å².